The van der Waals surface area contributed by atoms with E-state index < -0.39 is 0 Å². The van der Waals surface area contributed by atoms with Crippen LogP contribution in [0.5, 0.6) is 0 Å². The Balaban J connectivity index is 1.35. The van der Waals surface area contributed by atoms with Gasteiger partial charge in [-0.2, -0.15) is 5.26 Å². The second-order valence-electron chi connectivity index (χ2n) is 6.44. The van der Waals surface area contributed by atoms with Crippen molar-refractivity contribution in [1.29, 1.82) is 5.26 Å². The Hall–Kier alpha value is -4.06. The van der Waals surface area contributed by atoms with Crippen molar-refractivity contribution >= 4 is 23.5 Å². The van der Waals surface area contributed by atoms with E-state index in [1.165, 1.54) is 12.4 Å². The van der Waals surface area contributed by atoms with Gasteiger partial charge in [-0.1, -0.05) is 0 Å². The third-order valence-electron chi connectivity index (χ3n) is 4.57. The van der Waals surface area contributed by atoms with Crippen molar-refractivity contribution in [2.45, 2.75) is 0 Å². The van der Waals surface area contributed by atoms with Gasteiger partial charge in [-0.3, -0.25) is 4.79 Å². The Morgan fingerprint density at radius 1 is 0.966 bits per heavy atom. The van der Waals surface area contributed by atoms with Crippen molar-refractivity contribution in [3.8, 4) is 6.07 Å². The summed E-state index contributed by atoms with van der Waals surface area (Å²) in [5, 5.41) is 11.9. The Bertz CT molecular complexity index is 1010. The summed E-state index contributed by atoms with van der Waals surface area (Å²) in [6.07, 6.45) is 6.47. The summed E-state index contributed by atoms with van der Waals surface area (Å²) in [6, 6.07) is 10.8. The number of benzene rings is 1. The van der Waals surface area contributed by atoms with Gasteiger partial charge in [-0.05, 0) is 30.3 Å². The van der Waals surface area contributed by atoms with Crippen LogP contribution in [-0.4, -0.2) is 56.9 Å². The number of nitrogens with zero attached hydrogens (tertiary/aromatic N) is 7. The Kier molecular flexibility index (Phi) is 5.25. The molecule has 0 atom stereocenters. The van der Waals surface area contributed by atoms with Crippen LogP contribution in [0.3, 0.4) is 0 Å². The van der Waals surface area contributed by atoms with E-state index in [-0.39, 0.29) is 5.91 Å². The lowest BCUT2D eigenvalue weighted by atomic mass is 10.2. The maximum Gasteiger partial charge on any atom is 0.257 e. The maximum absolute atomic E-state index is 12.7. The second-order valence-corrected chi connectivity index (χ2v) is 6.44. The van der Waals surface area contributed by atoms with Crippen molar-refractivity contribution in [2.75, 3.05) is 36.4 Å². The third-order valence-corrected chi connectivity index (χ3v) is 4.57. The number of aromatic nitrogens is 4. The highest BCUT2D eigenvalue weighted by molar-refractivity contribution is 5.93. The number of anilines is 3. The normalized spacial score (nSPS) is 13.6. The van der Waals surface area contributed by atoms with Crippen molar-refractivity contribution in [2.24, 2.45) is 0 Å². The average Bonchev–Trinajstić information content (AvgIpc) is 2.80. The smallest absolute Gasteiger partial charge is 0.257 e. The van der Waals surface area contributed by atoms with Gasteiger partial charge in [0.15, 0.2) is 0 Å². The lowest BCUT2D eigenvalue weighted by molar-refractivity contribution is 0.0745. The minimum Gasteiger partial charge on any atom is -0.337 e. The summed E-state index contributed by atoms with van der Waals surface area (Å²) in [4.78, 5) is 33.5. The first-order valence-corrected chi connectivity index (χ1v) is 9.13. The van der Waals surface area contributed by atoms with Crippen LogP contribution in [0.1, 0.15) is 15.9 Å². The van der Waals surface area contributed by atoms with Crippen LogP contribution in [0.25, 0.3) is 0 Å². The van der Waals surface area contributed by atoms with E-state index in [0.29, 0.717) is 49.2 Å². The fourth-order valence-electron chi connectivity index (χ4n) is 3.01. The number of hydrogen-bond acceptors (Lipinski definition) is 8. The molecule has 0 spiro atoms. The number of piperazine rings is 1. The molecule has 0 bridgehead atoms. The van der Waals surface area contributed by atoms with E-state index in [4.69, 9.17) is 5.26 Å². The zero-order chi connectivity index (χ0) is 20.1. The number of rotatable bonds is 4. The van der Waals surface area contributed by atoms with Crippen molar-refractivity contribution < 1.29 is 4.79 Å². The Morgan fingerprint density at radius 3 is 2.24 bits per heavy atom. The number of carbonyl (C=O) groups excluding carboxylic acids is 1. The lowest BCUT2D eigenvalue weighted by Gasteiger charge is -2.34. The van der Waals surface area contributed by atoms with Gasteiger partial charge in [0.05, 0.1) is 17.2 Å². The molecule has 0 radical (unpaired) electrons. The standard InChI is InChI=1S/C20H18N8O/c21-12-15-2-4-17(5-3-15)26-19-24-13-16(14-25-19)18(29)27-8-10-28(11-9-27)20-22-6-1-7-23-20/h1-7,13-14H,8-11H2,(H,24,25,26). The molecular formula is C20H18N8O. The van der Waals surface area contributed by atoms with Crippen molar-refractivity contribution in [1.82, 2.24) is 24.8 Å². The van der Waals surface area contributed by atoms with Crippen LogP contribution in [0.15, 0.2) is 55.1 Å². The minimum atomic E-state index is -0.0939. The molecule has 29 heavy (non-hydrogen) atoms. The van der Waals surface area contributed by atoms with E-state index in [9.17, 15) is 4.79 Å². The van der Waals surface area contributed by atoms with E-state index in [2.05, 4.69) is 36.2 Å². The van der Waals surface area contributed by atoms with Gasteiger partial charge in [0.1, 0.15) is 0 Å². The quantitative estimate of drug-likeness (QED) is 0.723. The van der Waals surface area contributed by atoms with Crippen LogP contribution in [-0.2, 0) is 0 Å². The van der Waals surface area contributed by atoms with Gasteiger partial charge in [-0.25, -0.2) is 19.9 Å². The average molecular weight is 386 g/mol. The molecule has 1 aliphatic rings. The van der Waals surface area contributed by atoms with E-state index in [1.807, 2.05) is 0 Å². The molecule has 1 amide bonds. The van der Waals surface area contributed by atoms with Crippen LogP contribution < -0.4 is 10.2 Å². The number of nitrogens with one attached hydrogen (secondary N) is 1. The summed E-state index contributed by atoms with van der Waals surface area (Å²) < 4.78 is 0. The highest BCUT2D eigenvalue weighted by Crippen LogP contribution is 2.15. The van der Waals surface area contributed by atoms with Crippen LogP contribution >= 0.6 is 0 Å². The topological polar surface area (TPSA) is 111 Å². The molecule has 0 unspecified atom stereocenters. The van der Waals surface area contributed by atoms with Gasteiger partial charge >= 0.3 is 0 Å². The van der Waals surface area contributed by atoms with Gasteiger partial charge in [0.2, 0.25) is 11.9 Å². The number of amides is 1. The zero-order valence-electron chi connectivity index (χ0n) is 15.6. The largest absolute Gasteiger partial charge is 0.337 e. The molecule has 2 aromatic heterocycles. The molecule has 4 rings (SSSR count). The maximum atomic E-state index is 12.7. The lowest BCUT2D eigenvalue weighted by Crippen LogP contribution is -2.49. The molecule has 1 aromatic carbocycles. The molecule has 144 valence electrons. The summed E-state index contributed by atoms with van der Waals surface area (Å²) in [7, 11) is 0. The van der Waals surface area contributed by atoms with Crippen LogP contribution in [0.2, 0.25) is 0 Å². The molecule has 1 aliphatic heterocycles. The summed E-state index contributed by atoms with van der Waals surface area (Å²) in [5.41, 5.74) is 1.79. The molecule has 1 fully saturated rings. The first kappa shape index (κ1) is 18.3. The Morgan fingerprint density at radius 2 is 1.62 bits per heavy atom. The number of nitriles is 1. The molecule has 0 saturated carbocycles. The van der Waals surface area contributed by atoms with Crippen molar-refractivity contribution in [3.63, 3.8) is 0 Å². The second kappa shape index (κ2) is 8.31. The van der Waals surface area contributed by atoms with Crippen LogP contribution in [0, 0.1) is 11.3 Å². The van der Waals surface area contributed by atoms with Gasteiger partial charge < -0.3 is 15.1 Å². The first-order chi connectivity index (χ1) is 14.2. The molecule has 1 N–H and O–H groups in total. The van der Waals surface area contributed by atoms with Crippen LogP contribution in [0.4, 0.5) is 17.6 Å². The third kappa shape index (κ3) is 4.27. The van der Waals surface area contributed by atoms with Gasteiger partial charge in [0, 0.05) is 56.7 Å². The highest BCUT2D eigenvalue weighted by Gasteiger charge is 2.23. The van der Waals surface area contributed by atoms with Crippen molar-refractivity contribution in [3.05, 3.63) is 66.2 Å². The predicted octanol–water partition coefficient (Wildman–Crippen LogP) is 1.84. The summed E-state index contributed by atoms with van der Waals surface area (Å²) >= 11 is 0. The SMILES string of the molecule is N#Cc1ccc(Nc2ncc(C(=O)N3CCN(c4ncccn4)CC3)cn2)cc1. The van der Waals surface area contributed by atoms with E-state index in [0.717, 1.165) is 5.69 Å². The minimum absolute atomic E-state index is 0.0939. The summed E-state index contributed by atoms with van der Waals surface area (Å²) in [5.74, 6) is 0.974. The summed E-state index contributed by atoms with van der Waals surface area (Å²) in [6.45, 7) is 2.52. The molecule has 9 heteroatoms. The molecule has 0 aliphatic carbocycles. The zero-order valence-corrected chi connectivity index (χ0v) is 15.6. The molecule has 3 aromatic rings. The van der Waals surface area contributed by atoms with E-state index in [1.54, 1.807) is 47.6 Å². The van der Waals surface area contributed by atoms with E-state index >= 15 is 0 Å². The monoisotopic (exact) mass is 386 g/mol. The molecule has 9 nitrogen and oxygen atoms in total. The first-order valence-electron chi connectivity index (χ1n) is 9.13. The highest BCUT2D eigenvalue weighted by atomic mass is 16.2. The van der Waals surface area contributed by atoms with Gasteiger partial charge in [0.25, 0.3) is 5.91 Å². The molecule has 1 saturated heterocycles. The molecule has 3 heterocycles. The predicted molar refractivity (Wildman–Crippen MR) is 107 cm³/mol. The fourth-order valence-corrected chi connectivity index (χ4v) is 3.01. The number of carbonyl (C=O) groups is 1. The number of hydrogen-bond donors (Lipinski definition) is 1. The molecular weight excluding hydrogens is 368 g/mol. The fraction of sp³-hybridized carbons (Fsp3) is 0.200. The van der Waals surface area contributed by atoms with Gasteiger partial charge in [-0.15, -0.1) is 0 Å². The Labute approximate surface area is 167 Å².